The minimum Gasteiger partial charge on any atom is -0.404 e. The van der Waals surface area contributed by atoms with Crippen molar-refractivity contribution >= 4 is 36.7 Å². The van der Waals surface area contributed by atoms with Crippen LogP contribution in [0.4, 0.5) is 4.39 Å². The van der Waals surface area contributed by atoms with Crippen LogP contribution in [0.1, 0.15) is 18.4 Å². The van der Waals surface area contributed by atoms with Gasteiger partial charge in [-0.15, -0.1) is 0 Å². The summed E-state index contributed by atoms with van der Waals surface area (Å²) >= 11 is 1.16. The van der Waals surface area contributed by atoms with E-state index in [1.54, 1.807) is 0 Å². The first kappa shape index (κ1) is 17.2. The second kappa shape index (κ2) is 6.68. The van der Waals surface area contributed by atoms with Gasteiger partial charge in [0.25, 0.3) is 5.91 Å². The smallest absolute Gasteiger partial charge is 0.404 e. The number of phosphoric ester groups is 1. The van der Waals surface area contributed by atoms with Gasteiger partial charge in [0.15, 0.2) is 5.17 Å². The van der Waals surface area contributed by atoms with Crippen LogP contribution in [0.25, 0.3) is 6.08 Å². The van der Waals surface area contributed by atoms with Crippen molar-refractivity contribution in [2.75, 3.05) is 13.1 Å². The van der Waals surface area contributed by atoms with E-state index in [4.69, 9.17) is 9.79 Å². The number of benzene rings is 1. The van der Waals surface area contributed by atoms with Crippen LogP contribution < -0.4 is 4.52 Å². The fourth-order valence-electron chi connectivity index (χ4n) is 2.43. The molecule has 7 nitrogen and oxygen atoms in total. The van der Waals surface area contributed by atoms with Gasteiger partial charge < -0.3 is 9.42 Å². The molecule has 0 atom stereocenters. The summed E-state index contributed by atoms with van der Waals surface area (Å²) < 4.78 is 29.0. The van der Waals surface area contributed by atoms with Crippen LogP contribution >= 0.6 is 19.6 Å². The van der Waals surface area contributed by atoms with E-state index in [9.17, 15) is 13.8 Å². The average Bonchev–Trinajstić information content (AvgIpc) is 3.11. The van der Waals surface area contributed by atoms with Crippen LogP contribution in [0.2, 0.25) is 0 Å². The lowest BCUT2D eigenvalue weighted by Gasteiger charge is -2.14. The molecule has 3 rings (SSSR count). The molecule has 0 unspecified atom stereocenters. The number of thioether (sulfide) groups is 1. The normalized spacial score (nSPS) is 20.0. The summed E-state index contributed by atoms with van der Waals surface area (Å²) in [5, 5.41) is 0.595. The molecule has 1 aromatic rings. The standard InChI is InChI=1S/C14H14FN2O5PS/c15-10-3-4-11(22-23(19,20)21)9(7-10)8-12-13(18)16-14(24-12)17-5-1-2-6-17/h3-4,7-8H,1-2,5-6H2,(H2,19,20,21). The zero-order valence-electron chi connectivity index (χ0n) is 12.4. The monoisotopic (exact) mass is 372 g/mol. The van der Waals surface area contributed by atoms with Gasteiger partial charge in [-0.1, -0.05) is 0 Å². The van der Waals surface area contributed by atoms with Crippen LogP contribution in [0.3, 0.4) is 0 Å². The summed E-state index contributed by atoms with van der Waals surface area (Å²) in [6, 6.07) is 3.16. The Kier molecular flexibility index (Phi) is 4.78. The molecule has 10 heteroatoms. The topological polar surface area (TPSA) is 99.4 Å². The van der Waals surface area contributed by atoms with E-state index in [1.165, 1.54) is 6.08 Å². The zero-order valence-corrected chi connectivity index (χ0v) is 14.1. The first-order chi connectivity index (χ1) is 11.3. The third-order valence-corrected chi connectivity index (χ3v) is 4.94. The van der Waals surface area contributed by atoms with Crippen molar-refractivity contribution < 1.29 is 28.1 Å². The van der Waals surface area contributed by atoms with Gasteiger partial charge in [-0.05, 0) is 48.9 Å². The summed E-state index contributed by atoms with van der Waals surface area (Å²) in [4.78, 5) is 36.1. The predicted octanol–water partition coefficient (Wildman–Crippen LogP) is 2.36. The maximum atomic E-state index is 13.5. The highest BCUT2D eigenvalue weighted by molar-refractivity contribution is 8.18. The van der Waals surface area contributed by atoms with Gasteiger partial charge in [0.2, 0.25) is 0 Å². The second-order valence-corrected chi connectivity index (χ2v) is 7.44. The van der Waals surface area contributed by atoms with Crippen LogP contribution in [-0.2, 0) is 9.36 Å². The van der Waals surface area contributed by atoms with Crippen LogP contribution in [0, 0.1) is 5.82 Å². The highest BCUT2D eigenvalue weighted by atomic mass is 32.2. The predicted molar refractivity (Wildman–Crippen MR) is 87.9 cm³/mol. The number of hydrogen-bond donors (Lipinski definition) is 2. The Hall–Kier alpha value is -1.67. The van der Waals surface area contributed by atoms with Crippen molar-refractivity contribution in [3.05, 3.63) is 34.5 Å². The van der Waals surface area contributed by atoms with E-state index in [1.807, 2.05) is 4.90 Å². The molecule has 0 saturated carbocycles. The van der Waals surface area contributed by atoms with Crippen molar-refractivity contribution in [1.82, 2.24) is 4.90 Å². The van der Waals surface area contributed by atoms with Gasteiger partial charge in [-0.3, -0.25) is 14.6 Å². The molecular weight excluding hydrogens is 358 g/mol. The molecule has 1 amide bonds. The fraction of sp³-hybridized carbons (Fsp3) is 0.286. The van der Waals surface area contributed by atoms with E-state index >= 15 is 0 Å². The third-order valence-electron chi connectivity index (χ3n) is 3.46. The second-order valence-electron chi connectivity index (χ2n) is 5.27. The minimum absolute atomic E-state index is 0.0621. The molecule has 2 aliphatic heterocycles. The van der Waals surface area contributed by atoms with E-state index in [-0.39, 0.29) is 16.2 Å². The zero-order chi connectivity index (χ0) is 17.3. The minimum atomic E-state index is -4.80. The molecule has 0 spiro atoms. The average molecular weight is 372 g/mol. The number of aliphatic imine (C=N–C) groups is 1. The largest absolute Gasteiger partial charge is 0.524 e. The van der Waals surface area contributed by atoms with Gasteiger partial charge in [0.05, 0.1) is 4.91 Å². The van der Waals surface area contributed by atoms with E-state index in [0.29, 0.717) is 5.17 Å². The van der Waals surface area contributed by atoms with Crippen molar-refractivity contribution in [2.45, 2.75) is 12.8 Å². The lowest BCUT2D eigenvalue weighted by atomic mass is 10.2. The Labute approximate surface area is 141 Å². The molecule has 2 heterocycles. The highest BCUT2D eigenvalue weighted by Gasteiger charge is 2.28. The SMILES string of the molecule is O=C1N=C(N2CCCC2)SC1=Cc1cc(F)ccc1OP(=O)(O)O. The summed E-state index contributed by atoms with van der Waals surface area (Å²) in [5.74, 6) is -1.29. The Balaban J connectivity index is 1.87. The molecule has 1 fully saturated rings. The van der Waals surface area contributed by atoms with Crippen LogP contribution in [0.15, 0.2) is 28.1 Å². The number of halogens is 1. The molecule has 1 saturated heterocycles. The van der Waals surface area contributed by atoms with Gasteiger partial charge in [0, 0.05) is 18.7 Å². The molecule has 2 aliphatic rings. The lowest BCUT2D eigenvalue weighted by Crippen LogP contribution is -2.23. The quantitative estimate of drug-likeness (QED) is 0.621. The first-order valence-electron chi connectivity index (χ1n) is 7.14. The molecule has 0 radical (unpaired) electrons. The van der Waals surface area contributed by atoms with Crippen molar-refractivity contribution in [3.63, 3.8) is 0 Å². The van der Waals surface area contributed by atoms with E-state index in [0.717, 1.165) is 55.9 Å². The number of likely N-dealkylation sites (tertiary alicyclic amines) is 1. The molecule has 0 aromatic heterocycles. The number of carbonyl (C=O) groups excluding carboxylic acids is 1. The Morgan fingerprint density at radius 2 is 2.04 bits per heavy atom. The lowest BCUT2D eigenvalue weighted by molar-refractivity contribution is -0.113. The maximum Gasteiger partial charge on any atom is 0.524 e. The molecule has 2 N–H and O–H groups in total. The van der Waals surface area contributed by atoms with E-state index in [2.05, 4.69) is 9.52 Å². The van der Waals surface area contributed by atoms with Crippen molar-refractivity contribution in [2.24, 2.45) is 4.99 Å². The summed E-state index contributed by atoms with van der Waals surface area (Å²) in [5.41, 5.74) is 0.0621. The Morgan fingerprint density at radius 3 is 2.71 bits per heavy atom. The number of nitrogens with zero attached hydrogens (tertiary/aromatic N) is 2. The summed E-state index contributed by atoms with van der Waals surface area (Å²) in [7, 11) is -4.80. The highest BCUT2D eigenvalue weighted by Crippen LogP contribution is 2.41. The molecular formula is C14H14FN2O5PS. The molecule has 0 aliphatic carbocycles. The van der Waals surface area contributed by atoms with Gasteiger partial charge >= 0.3 is 7.82 Å². The van der Waals surface area contributed by atoms with E-state index < -0.39 is 19.5 Å². The van der Waals surface area contributed by atoms with Crippen LogP contribution in [-0.4, -0.2) is 38.9 Å². The van der Waals surface area contributed by atoms with Gasteiger partial charge in [-0.2, -0.15) is 4.99 Å². The number of carbonyl (C=O) groups is 1. The number of hydrogen-bond acceptors (Lipinski definition) is 5. The number of amides is 1. The fourth-order valence-corrected chi connectivity index (χ4v) is 3.80. The number of amidine groups is 1. The third kappa shape index (κ3) is 4.05. The Bertz CT molecular complexity index is 785. The van der Waals surface area contributed by atoms with Crippen LogP contribution in [0.5, 0.6) is 5.75 Å². The van der Waals surface area contributed by atoms with Crippen molar-refractivity contribution in [3.8, 4) is 5.75 Å². The van der Waals surface area contributed by atoms with Gasteiger partial charge in [-0.25, -0.2) is 8.96 Å². The first-order valence-corrected chi connectivity index (χ1v) is 9.49. The summed E-state index contributed by atoms with van der Waals surface area (Å²) in [6.07, 6.45) is 3.40. The summed E-state index contributed by atoms with van der Waals surface area (Å²) in [6.45, 7) is 1.66. The van der Waals surface area contributed by atoms with Gasteiger partial charge in [0.1, 0.15) is 11.6 Å². The Morgan fingerprint density at radius 1 is 1.33 bits per heavy atom. The maximum absolute atomic E-state index is 13.5. The number of rotatable bonds is 3. The molecule has 128 valence electrons. The van der Waals surface area contributed by atoms with Crippen molar-refractivity contribution in [1.29, 1.82) is 0 Å². The molecule has 1 aromatic carbocycles. The molecule has 0 bridgehead atoms. The molecule has 24 heavy (non-hydrogen) atoms. The number of phosphoric acid groups is 1.